The van der Waals surface area contributed by atoms with Gasteiger partial charge in [0.1, 0.15) is 5.92 Å². The van der Waals surface area contributed by atoms with Gasteiger partial charge >= 0.3 is 5.97 Å². The zero-order chi connectivity index (χ0) is 23.1. The molecular weight excluding hydrogens is 456 g/mol. The van der Waals surface area contributed by atoms with E-state index in [0.717, 1.165) is 42.5 Å². The highest BCUT2D eigenvalue weighted by Crippen LogP contribution is 2.36. The fraction of sp³-hybridized carbons (Fsp3) is 0.0625. The monoisotopic (exact) mass is 468 g/mol. The summed E-state index contributed by atoms with van der Waals surface area (Å²) in [6, 6.07) is 6.93. The first kappa shape index (κ1) is 22.2. The van der Waals surface area contributed by atoms with Gasteiger partial charge in [0.05, 0.1) is 21.2 Å². The van der Waals surface area contributed by atoms with Gasteiger partial charge in [-0.15, -0.1) is 0 Å². The van der Waals surface area contributed by atoms with Gasteiger partial charge < -0.3 is 5.11 Å². The standard InChI is InChI=1S/C16H12N4O9S2/c17-18-12-7-10(31(27,28)29)5-6-11(12)13-14(16(22)23)19-20(15(13)21)8-1-3-9(4-2-8)30(24,25)26/h1-7,13,17H,(H,22,23)(H,24,25,26)(H,27,28,29)/t13-/m0/s1. The minimum atomic E-state index is -4.64. The molecule has 13 nitrogen and oxygen atoms in total. The number of carboxylic acid groups (broad SMARTS) is 1. The molecule has 4 N–H and O–H groups in total. The third-order valence-electron chi connectivity index (χ3n) is 4.27. The number of amides is 1. The first-order valence-electron chi connectivity index (χ1n) is 8.07. The topological polar surface area (TPSA) is 215 Å². The van der Waals surface area contributed by atoms with E-state index in [9.17, 15) is 31.5 Å². The number of hydrazone groups is 1. The highest BCUT2D eigenvalue weighted by atomic mass is 32.2. The highest BCUT2D eigenvalue weighted by molar-refractivity contribution is 7.86. The molecule has 0 aliphatic carbocycles. The molecule has 3 rings (SSSR count). The van der Waals surface area contributed by atoms with E-state index >= 15 is 0 Å². The molecular formula is C16H12N4O9S2. The molecule has 2 aromatic carbocycles. The van der Waals surface area contributed by atoms with Crippen LogP contribution in [-0.2, 0) is 29.8 Å². The molecule has 0 saturated carbocycles. The van der Waals surface area contributed by atoms with E-state index in [1.165, 1.54) is 0 Å². The van der Waals surface area contributed by atoms with Gasteiger partial charge in [-0.3, -0.25) is 13.9 Å². The van der Waals surface area contributed by atoms with Gasteiger partial charge in [0.25, 0.3) is 26.1 Å². The fourth-order valence-electron chi connectivity index (χ4n) is 2.87. The summed E-state index contributed by atoms with van der Waals surface area (Å²) in [5.41, 5.74) is 6.03. The van der Waals surface area contributed by atoms with E-state index in [0.29, 0.717) is 5.01 Å². The van der Waals surface area contributed by atoms with Crippen molar-refractivity contribution in [2.75, 3.05) is 5.01 Å². The molecule has 2 aromatic rings. The van der Waals surface area contributed by atoms with Crippen LogP contribution in [0.5, 0.6) is 0 Å². The van der Waals surface area contributed by atoms with Gasteiger partial charge in [-0.25, -0.2) is 10.3 Å². The molecule has 0 fully saturated rings. The van der Waals surface area contributed by atoms with Gasteiger partial charge in [-0.1, -0.05) is 6.07 Å². The first-order valence-corrected chi connectivity index (χ1v) is 10.9. The molecule has 1 aliphatic heterocycles. The SMILES string of the molecule is N=Nc1cc(S(=O)(=O)O)ccc1[C@@H]1C(=O)N(c2ccc(S(=O)(=O)O)cc2)N=C1C(=O)O. The Morgan fingerprint density at radius 2 is 1.55 bits per heavy atom. The Balaban J connectivity index is 2.09. The largest absolute Gasteiger partial charge is 0.477 e. The maximum Gasteiger partial charge on any atom is 0.353 e. The van der Waals surface area contributed by atoms with Crippen LogP contribution < -0.4 is 5.01 Å². The summed E-state index contributed by atoms with van der Waals surface area (Å²) in [6.45, 7) is 0. The summed E-state index contributed by atoms with van der Waals surface area (Å²) >= 11 is 0. The zero-order valence-corrected chi connectivity index (χ0v) is 16.7. The second kappa shape index (κ2) is 7.62. The second-order valence-corrected chi connectivity index (χ2v) is 8.99. The van der Waals surface area contributed by atoms with Gasteiger partial charge in [0.15, 0.2) is 5.71 Å². The number of aliphatic carboxylic acids is 1. The quantitative estimate of drug-likeness (QED) is 0.355. The van der Waals surface area contributed by atoms with Crippen molar-refractivity contribution in [3.8, 4) is 0 Å². The second-order valence-electron chi connectivity index (χ2n) is 6.15. The molecule has 0 aromatic heterocycles. The first-order chi connectivity index (χ1) is 14.3. The average molecular weight is 468 g/mol. The number of anilines is 1. The molecule has 1 aliphatic rings. The number of nitrogens with zero attached hydrogens (tertiary/aromatic N) is 3. The van der Waals surface area contributed by atoms with Gasteiger partial charge in [0.2, 0.25) is 0 Å². The number of rotatable bonds is 6. The lowest BCUT2D eigenvalue weighted by Gasteiger charge is -2.16. The third kappa shape index (κ3) is 4.19. The number of benzene rings is 2. The van der Waals surface area contributed by atoms with Crippen LogP contribution in [0.2, 0.25) is 0 Å². The van der Waals surface area contributed by atoms with Crippen molar-refractivity contribution in [1.29, 1.82) is 5.53 Å². The van der Waals surface area contributed by atoms with Crippen LogP contribution in [0.4, 0.5) is 11.4 Å². The Kier molecular flexibility index (Phi) is 5.45. The minimum Gasteiger partial charge on any atom is -0.477 e. The third-order valence-corrected chi connectivity index (χ3v) is 5.98. The normalized spacial score (nSPS) is 16.8. The summed E-state index contributed by atoms with van der Waals surface area (Å²) in [5, 5.41) is 17.0. The lowest BCUT2D eigenvalue weighted by Crippen LogP contribution is -2.28. The zero-order valence-electron chi connectivity index (χ0n) is 15.1. The number of carbonyl (C=O) groups excluding carboxylic acids is 1. The molecule has 15 heteroatoms. The van der Waals surface area contributed by atoms with Crippen LogP contribution in [0.3, 0.4) is 0 Å². The summed E-state index contributed by atoms with van der Waals surface area (Å²) in [7, 11) is -9.14. The number of carbonyl (C=O) groups is 2. The van der Waals surface area contributed by atoms with E-state index in [1.54, 1.807) is 0 Å². The van der Waals surface area contributed by atoms with E-state index in [2.05, 4.69) is 10.2 Å². The Morgan fingerprint density at radius 1 is 1.00 bits per heavy atom. The molecule has 31 heavy (non-hydrogen) atoms. The average Bonchev–Trinajstić information content (AvgIpc) is 3.03. The lowest BCUT2D eigenvalue weighted by molar-refractivity contribution is -0.130. The summed E-state index contributed by atoms with van der Waals surface area (Å²) in [4.78, 5) is 23.6. The molecule has 1 heterocycles. The Labute approximate surface area is 174 Å². The summed E-state index contributed by atoms with van der Waals surface area (Å²) < 4.78 is 63.1. The van der Waals surface area contributed by atoms with E-state index < -0.39 is 53.5 Å². The maximum atomic E-state index is 13.0. The molecule has 1 atom stereocenters. The molecule has 0 radical (unpaired) electrons. The Hall–Kier alpha value is -3.53. The van der Waals surface area contributed by atoms with Gasteiger partial charge in [-0.2, -0.15) is 32.1 Å². The predicted molar refractivity (Wildman–Crippen MR) is 103 cm³/mol. The van der Waals surface area contributed by atoms with Crippen molar-refractivity contribution >= 4 is 49.2 Å². The van der Waals surface area contributed by atoms with Crippen LogP contribution in [0.25, 0.3) is 0 Å². The lowest BCUT2D eigenvalue weighted by atomic mass is 9.92. The molecule has 0 spiro atoms. The van der Waals surface area contributed by atoms with E-state index in [4.69, 9.17) is 14.6 Å². The minimum absolute atomic E-state index is 0.0161. The van der Waals surface area contributed by atoms with Crippen molar-refractivity contribution in [1.82, 2.24) is 0 Å². The van der Waals surface area contributed by atoms with Crippen LogP contribution in [0, 0.1) is 5.53 Å². The summed E-state index contributed by atoms with van der Waals surface area (Å²) in [6.07, 6.45) is 0. The number of hydrogen-bond donors (Lipinski definition) is 4. The van der Waals surface area contributed by atoms with Crippen LogP contribution in [-0.4, -0.2) is 48.6 Å². The van der Waals surface area contributed by atoms with E-state index in [-0.39, 0.29) is 16.9 Å². The number of carboxylic acids is 1. The van der Waals surface area contributed by atoms with Crippen LogP contribution in [0.15, 0.2) is 62.5 Å². The molecule has 1 amide bonds. The van der Waals surface area contributed by atoms with Crippen LogP contribution in [0.1, 0.15) is 11.5 Å². The van der Waals surface area contributed by atoms with Gasteiger partial charge in [-0.05, 0) is 42.0 Å². The molecule has 162 valence electrons. The number of hydrogen-bond acceptors (Lipinski definition) is 9. The van der Waals surface area contributed by atoms with Crippen molar-refractivity contribution in [3.05, 3.63) is 48.0 Å². The smallest absolute Gasteiger partial charge is 0.353 e. The van der Waals surface area contributed by atoms with Crippen molar-refractivity contribution in [3.63, 3.8) is 0 Å². The molecule has 0 saturated heterocycles. The predicted octanol–water partition coefficient (Wildman–Crippen LogP) is 1.41. The Morgan fingerprint density at radius 3 is 2.03 bits per heavy atom. The number of nitrogens with one attached hydrogen (secondary N) is 1. The fourth-order valence-corrected chi connectivity index (χ4v) is 3.85. The molecule has 0 unspecified atom stereocenters. The van der Waals surface area contributed by atoms with E-state index in [1.807, 2.05) is 0 Å². The Bertz CT molecular complexity index is 1350. The van der Waals surface area contributed by atoms with Crippen molar-refractivity contribution < 1.29 is 40.6 Å². The highest BCUT2D eigenvalue weighted by Gasteiger charge is 2.43. The maximum absolute atomic E-state index is 13.0. The summed E-state index contributed by atoms with van der Waals surface area (Å²) in [5.74, 6) is -4.05. The van der Waals surface area contributed by atoms with Crippen LogP contribution >= 0.6 is 0 Å². The van der Waals surface area contributed by atoms with Crippen molar-refractivity contribution in [2.45, 2.75) is 15.7 Å². The molecule has 0 bridgehead atoms. The van der Waals surface area contributed by atoms with Gasteiger partial charge in [0, 0.05) is 0 Å². The van der Waals surface area contributed by atoms with Crippen molar-refractivity contribution in [2.24, 2.45) is 10.2 Å².